The van der Waals surface area contributed by atoms with Crippen LogP contribution >= 0.6 is 11.6 Å². The average molecular weight is 272 g/mol. The topological polar surface area (TPSA) is 53.1 Å². The monoisotopic (exact) mass is 271 g/mol. The van der Waals surface area contributed by atoms with Crippen molar-refractivity contribution in [1.82, 2.24) is 4.98 Å². The fourth-order valence-corrected chi connectivity index (χ4v) is 2.37. The highest BCUT2D eigenvalue weighted by Crippen LogP contribution is 2.35. The molecule has 4 heteroatoms. The highest BCUT2D eigenvalue weighted by atomic mass is 35.5. The number of fused-ring (bicyclic) bond motifs is 1. The average Bonchev–Trinajstić information content (AvgIpc) is 2.43. The minimum Gasteiger partial charge on any atom is -0.507 e. The van der Waals surface area contributed by atoms with Gasteiger partial charge in [-0.05, 0) is 17.7 Å². The standard InChI is InChI=1S/C15H10ClNO2/c16-11-6-7-12(18)14-10(8-13(19)17-15(11)14)9-4-2-1-3-5-9/h1-8,18H,(H,17,19). The first-order chi connectivity index (χ1) is 9.16. The Balaban J connectivity index is 2.49. The number of pyridine rings is 1. The molecule has 3 aromatic rings. The van der Waals surface area contributed by atoms with E-state index in [9.17, 15) is 9.90 Å². The molecule has 0 aliphatic heterocycles. The lowest BCUT2D eigenvalue weighted by Crippen LogP contribution is -2.05. The fourth-order valence-electron chi connectivity index (χ4n) is 2.17. The summed E-state index contributed by atoms with van der Waals surface area (Å²) in [7, 11) is 0. The molecule has 0 atom stereocenters. The molecule has 0 amide bonds. The number of phenols is 1. The molecule has 3 nitrogen and oxygen atoms in total. The van der Waals surface area contributed by atoms with E-state index >= 15 is 0 Å². The number of aromatic hydroxyl groups is 1. The van der Waals surface area contributed by atoms with Crippen LogP contribution in [0.3, 0.4) is 0 Å². The van der Waals surface area contributed by atoms with Gasteiger partial charge < -0.3 is 10.1 Å². The van der Waals surface area contributed by atoms with Gasteiger partial charge in [-0.25, -0.2) is 0 Å². The minimum atomic E-state index is -0.251. The second-order valence-corrected chi connectivity index (χ2v) is 4.64. The zero-order valence-electron chi connectivity index (χ0n) is 9.85. The van der Waals surface area contributed by atoms with E-state index in [1.54, 1.807) is 6.07 Å². The van der Waals surface area contributed by atoms with Crippen molar-refractivity contribution >= 4 is 22.5 Å². The fraction of sp³-hybridized carbons (Fsp3) is 0. The van der Waals surface area contributed by atoms with Gasteiger partial charge in [0.05, 0.1) is 10.5 Å². The van der Waals surface area contributed by atoms with Crippen LogP contribution in [0, 0.1) is 0 Å². The van der Waals surface area contributed by atoms with E-state index in [0.29, 0.717) is 21.5 Å². The van der Waals surface area contributed by atoms with Gasteiger partial charge in [-0.1, -0.05) is 41.9 Å². The summed E-state index contributed by atoms with van der Waals surface area (Å²) in [6.07, 6.45) is 0. The molecule has 0 saturated carbocycles. The Hall–Kier alpha value is -2.26. The molecule has 0 saturated heterocycles. The van der Waals surface area contributed by atoms with E-state index in [2.05, 4.69) is 4.98 Å². The quantitative estimate of drug-likeness (QED) is 0.711. The Morgan fingerprint density at radius 2 is 1.79 bits per heavy atom. The first kappa shape index (κ1) is 11.8. The van der Waals surface area contributed by atoms with Crippen LogP contribution in [0.25, 0.3) is 22.0 Å². The third-order valence-corrected chi connectivity index (χ3v) is 3.33. The van der Waals surface area contributed by atoms with Crippen LogP contribution < -0.4 is 5.56 Å². The van der Waals surface area contributed by atoms with Crippen LogP contribution in [-0.4, -0.2) is 10.1 Å². The Kier molecular flexibility index (Phi) is 2.76. The number of aromatic amines is 1. The number of hydrogen-bond acceptors (Lipinski definition) is 2. The van der Waals surface area contributed by atoms with E-state index in [1.807, 2.05) is 30.3 Å². The van der Waals surface area contributed by atoms with Gasteiger partial charge in [0, 0.05) is 17.0 Å². The number of rotatable bonds is 1. The predicted molar refractivity (Wildman–Crippen MR) is 76.7 cm³/mol. The third kappa shape index (κ3) is 1.98. The largest absolute Gasteiger partial charge is 0.507 e. The molecule has 0 bridgehead atoms. The SMILES string of the molecule is O=c1cc(-c2ccccc2)c2c(O)ccc(Cl)c2[nH]1. The molecule has 2 N–H and O–H groups in total. The highest BCUT2D eigenvalue weighted by Gasteiger charge is 2.12. The molecule has 0 aliphatic carbocycles. The summed E-state index contributed by atoms with van der Waals surface area (Å²) >= 11 is 6.08. The molecular formula is C15H10ClNO2. The van der Waals surface area contributed by atoms with Crippen molar-refractivity contribution in [1.29, 1.82) is 0 Å². The van der Waals surface area contributed by atoms with E-state index in [0.717, 1.165) is 5.56 Å². The smallest absolute Gasteiger partial charge is 0.249 e. The Morgan fingerprint density at radius 3 is 2.53 bits per heavy atom. The molecule has 3 rings (SSSR count). The number of phenolic OH excluding ortho intramolecular Hbond substituents is 1. The molecule has 94 valence electrons. The van der Waals surface area contributed by atoms with Gasteiger partial charge >= 0.3 is 0 Å². The van der Waals surface area contributed by atoms with Gasteiger partial charge in [0.2, 0.25) is 5.56 Å². The molecule has 19 heavy (non-hydrogen) atoms. The molecular weight excluding hydrogens is 262 g/mol. The number of hydrogen-bond donors (Lipinski definition) is 2. The number of halogens is 1. The third-order valence-electron chi connectivity index (χ3n) is 3.01. The van der Waals surface area contributed by atoms with Crippen molar-refractivity contribution in [3.63, 3.8) is 0 Å². The second kappa shape index (κ2) is 4.44. The van der Waals surface area contributed by atoms with E-state index in [4.69, 9.17) is 11.6 Å². The molecule has 0 spiro atoms. The van der Waals surface area contributed by atoms with Gasteiger partial charge in [0.15, 0.2) is 0 Å². The van der Waals surface area contributed by atoms with E-state index in [1.165, 1.54) is 12.1 Å². The number of benzene rings is 2. The molecule has 0 fully saturated rings. The van der Waals surface area contributed by atoms with Gasteiger partial charge in [0.25, 0.3) is 0 Å². The lowest BCUT2D eigenvalue weighted by Gasteiger charge is -2.09. The van der Waals surface area contributed by atoms with Crippen LogP contribution in [0.4, 0.5) is 0 Å². The van der Waals surface area contributed by atoms with Gasteiger partial charge in [-0.15, -0.1) is 0 Å². The Bertz CT molecular complexity index is 809. The van der Waals surface area contributed by atoms with Crippen molar-refractivity contribution in [3.05, 3.63) is 63.9 Å². The zero-order valence-corrected chi connectivity index (χ0v) is 10.6. The summed E-state index contributed by atoms with van der Waals surface area (Å²) in [5.41, 5.74) is 1.72. The predicted octanol–water partition coefficient (Wildman–Crippen LogP) is 3.55. The van der Waals surface area contributed by atoms with Crippen LogP contribution in [0.5, 0.6) is 5.75 Å². The maximum absolute atomic E-state index is 11.7. The van der Waals surface area contributed by atoms with E-state index < -0.39 is 0 Å². The molecule has 0 unspecified atom stereocenters. The summed E-state index contributed by atoms with van der Waals surface area (Å²) < 4.78 is 0. The van der Waals surface area contributed by atoms with Crippen molar-refractivity contribution in [2.75, 3.05) is 0 Å². The van der Waals surface area contributed by atoms with Gasteiger partial charge in [0.1, 0.15) is 5.75 Å². The summed E-state index contributed by atoms with van der Waals surface area (Å²) in [5, 5.41) is 11.0. The van der Waals surface area contributed by atoms with Gasteiger partial charge in [-0.2, -0.15) is 0 Å². The molecule has 0 radical (unpaired) electrons. The van der Waals surface area contributed by atoms with Crippen LogP contribution in [-0.2, 0) is 0 Å². The number of H-pyrrole nitrogens is 1. The maximum atomic E-state index is 11.7. The summed E-state index contributed by atoms with van der Waals surface area (Å²) in [5.74, 6) is 0.0921. The molecule has 0 aliphatic rings. The Morgan fingerprint density at radius 1 is 1.05 bits per heavy atom. The first-order valence-corrected chi connectivity index (χ1v) is 6.14. The van der Waals surface area contributed by atoms with Crippen molar-refractivity contribution in [2.24, 2.45) is 0 Å². The molecule has 1 aromatic heterocycles. The van der Waals surface area contributed by atoms with Crippen molar-refractivity contribution in [3.8, 4) is 16.9 Å². The minimum absolute atomic E-state index is 0.0921. The number of nitrogens with one attached hydrogen (secondary N) is 1. The highest BCUT2D eigenvalue weighted by molar-refractivity contribution is 6.35. The lowest BCUT2D eigenvalue weighted by atomic mass is 10.0. The maximum Gasteiger partial charge on any atom is 0.249 e. The van der Waals surface area contributed by atoms with Gasteiger partial charge in [-0.3, -0.25) is 4.79 Å². The first-order valence-electron chi connectivity index (χ1n) is 5.77. The summed E-state index contributed by atoms with van der Waals surface area (Å²) in [6, 6.07) is 14.0. The van der Waals surface area contributed by atoms with Crippen molar-refractivity contribution in [2.45, 2.75) is 0 Å². The number of aromatic nitrogens is 1. The zero-order chi connectivity index (χ0) is 13.4. The van der Waals surface area contributed by atoms with Crippen molar-refractivity contribution < 1.29 is 5.11 Å². The lowest BCUT2D eigenvalue weighted by molar-refractivity contribution is 0.481. The molecule has 1 heterocycles. The van der Waals surface area contributed by atoms with Crippen LogP contribution in [0.1, 0.15) is 0 Å². The van der Waals surface area contributed by atoms with Crippen LogP contribution in [0.2, 0.25) is 5.02 Å². The van der Waals surface area contributed by atoms with Crippen LogP contribution in [0.15, 0.2) is 53.3 Å². The molecule has 2 aromatic carbocycles. The summed E-state index contributed by atoms with van der Waals surface area (Å²) in [6.45, 7) is 0. The normalized spacial score (nSPS) is 10.8. The second-order valence-electron chi connectivity index (χ2n) is 4.23. The van der Waals surface area contributed by atoms with E-state index in [-0.39, 0.29) is 11.3 Å². The Labute approximate surface area is 114 Å². The summed E-state index contributed by atoms with van der Waals surface area (Å²) in [4.78, 5) is 14.4.